The third kappa shape index (κ3) is 2.17. The second kappa shape index (κ2) is 6.42. The van der Waals surface area contributed by atoms with Crippen LogP contribution in [0.15, 0.2) is 72.8 Å². The Morgan fingerprint density at radius 1 is 0.474 bits per heavy atom. The van der Waals surface area contributed by atoms with Crippen LogP contribution in [0.3, 0.4) is 0 Å². The molecule has 6 heteroatoms. The summed E-state index contributed by atoms with van der Waals surface area (Å²) in [6, 6.07) is 23.6. The third-order valence-corrected chi connectivity index (χ3v) is 8.51. The number of hydrogen-bond acceptors (Lipinski definition) is 6. The highest BCUT2D eigenvalue weighted by atomic mass is 16.6. The Hall–Kier alpha value is -5.10. The molecular weight excluding hydrogens is 480 g/mol. The van der Waals surface area contributed by atoms with Crippen molar-refractivity contribution in [3.8, 4) is 0 Å². The number of hydrogen-bond donors (Lipinski definition) is 0. The van der Waals surface area contributed by atoms with Gasteiger partial charge in [-0.2, -0.15) is 0 Å². The van der Waals surface area contributed by atoms with Gasteiger partial charge in [0, 0.05) is 11.8 Å². The molecule has 0 spiro atoms. The fourth-order valence-electron chi connectivity index (χ4n) is 7.12. The van der Waals surface area contributed by atoms with Crippen LogP contribution in [-0.2, 0) is 9.47 Å². The van der Waals surface area contributed by atoms with Crippen molar-refractivity contribution in [2.24, 2.45) is 0 Å². The lowest BCUT2D eigenvalue weighted by Crippen LogP contribution is -2.20. The summed E-state index contributed by atoms with van der Waals surface area (Å²) in [4.78, 5) is 50.9. The minimum absolute atomic E-state index is 0.219. The molecule has 2 atom stereocenters. The maximum Gasteiger partial charge on any atom is 0.347 e. The molecule has 38 heavy (non-hydrogen) atoms. The van der Waals surface area contributed by atoms with Crippen LogP contribution in [0.25, 0.3) is 21.5 Å². The normalized spacial score (nSPS) is 19.7. The van der Waals surface area contributed by atoms with Gasteiger partial charge in [-0.05, 0) is 73.1 Å². The molecule has 0 N–H and O–H groups in total. The molecule has 2 heterocycles. The molecule has 0 aromatic heterocycles. The van der Waals surface area contributed by atoms with E-state index in [1.54, 1.807) is 18.2 Å². The van der Waals surface area contributed by atoms with E-state index in [0.29, 0.717) is 5.56 Å². The van der Waals surface area contributed by atoms with E-state index in [1.165, 1.54) is 0 Å². The van der Waals surface area contributed by atoms with E-state index in [0.717, 1.165) is 49.4 Å². The molecule has 5 aromatic rings. The highest BCUT2D eigenvalue weighted by Crippen LogP contribution is 2.58. The van der Waals surface area contributed by atoms with E-state index in [9.17, 15) is 19.2 Å². The molecule has 0 saturated carbocycles. The van der Waals surface area contributed by atoms with Crippen molar-refractivity contribution in [1.29, 1.82) is 0 Å². The average molecular weight is 494 g/mol. The summed E-state index contributed by atoms with van der Waals surface area (Å²) in [7, 11) is 0. The Balaban J connectivity index is 1.53. The lowest BCUT2D eigenvalue weighted by Gasteiger charge is -2.34. The number of ether oxygens (including phenoxy) is 2. The maximum atomic E-state index is 13.0. The van der Waals surface area contributed by atoms with Gasteiger partial charge in [0.05, 0.1) is 22.3 Å². The zero-order chi connectivity index (χ0) is 25.4. The molecular formula is C32H14O6. The number of esters is 4. The first-order valence-electron chi connectivity index (χ1n) is 12.3. The topological polar surface area (TPSA) is 86.7 Å². The standard InChI is InChI=1S/C32H14O6/c33-29-20-11-18-19(12-21(20)30(34)37-29)25-22-9-13(10-23-26(22)32(36)38-31(23)35)24(18)27-16-7-3-1-5-14(16)15-6-2-4-8-17(15)28(25)27/h1-12,24-25H/t24?,25-/m0/s1. The van der Waals surface area contributed by atoms with Crippen molar-refractivity contribution in [2.75, 3.05) is 0 Å². The minimum atomic E-state index is -0.678. The lowest BCUT2D eigenvalue weighted by molar-refractivity contribution is 0.0425. The van der Waals surface area contributed by atoms with E-state index in [-0.39, 0.29) is 28.2 Å². The van der Waals surface area contributed by atoms with Crippen LogP contribution >= 0.6 is 0 Å². The molecule has 0 radical (unpaired) electrons. The zero-order valence-corrected chi connectivity index (χ0v) is 19.5. The van der Waals surface area contributed by atoms with Crippen LogP contribution in [0.1, 0.15) is 86.6 Å². The maximum absolute atomic E-state index is 13.0. The van der Waals surface area contributed by atoms with Gasteiger partial charge in [-0.25, -0.2) is 19.2 Å². The van der Waals surface area contributed by atoms with Gasteiger partial charge in [-0.1, -0.05) is 54.6 Å². The molecule has 0 fully saturated rings. The lowest BCUT2D eigenvalue weighted by atomic mass is 9.68. The molecule has 1 unspecified atom stereocenters. The smallest absolute Gasteiger partial charge is 0.347 e. The third-order valence-electron chi connectivity index (χ3n) is 8.51. The van der Waals surface area contributed by atoms with Crippen LogP contribution in [0.5, 0.6) is 0 Å². The van der Waals surface area contributed by atoms with E-state index in [2.05, 4.69) is 24.3 Å². The summed E-state index contributed by atoms with van der Waals surface area (Å²) in [5.41, 5.74) is 6.30. The van der Waals surface area contributed by atoms with Crippen molar-refractivity contribution >= 4 is 45.4 Å². The first kappa shape index (κ1) is 20.0. The molecule has 5 aromatic carbocycles. The largest absolute Gasteiger partial charge is 0.386 e. The predicted molar refractivity (Wildman–Crippen MR) is 136 cm³/mol. The second-order valence-corrected chi connectivity index (χ2v) is 10.2. The van der Waals surface area contributed by atoms with E-state index in [1.807, 2.05) is 30.3 Å². The molecule has 6 nitrogen and oxygen atoms in total. The van der Waals surface area contributed by atoms with Gasteiger partial charge in [0.25, 0.3) is 0 Å². The highest BCUT2D eigenvalue weighted by Gasteiger charge is 2.47. The fraction of sp³-hybridized carbons (Fsp3) is 0.0625. The van der Waals surface area contributed by atoms with Crippen molar-refractivity contribution in [3.05, 3.63) is 128 Å². The summed E-state index contributed by atoms with van der Waals surface area (Å²) in [5.74, 6) is -3.46. The van der Waals surface area contributed by atoms with Gasteiger partial charge < -0.3 is 9.47 Å². The number of cyclic esters (lactones) is 4. The number of carbonyl (C=O) groups excluding carboxylic acids is 4. The molecule has 3 aliphatic carbocycles. The number of fused-ring (bicyclic) bond motifs is 5. The van der Waals surface area contributed by atoms with Crippen LogP contribution in [0.2, 0.25) is 0 Å². The molecule has 5 aliphatic rings. The fourth-order valence-corrected chi connectivity index (χ4v) is 7.12. The summed E-state index contributed by atoms with van der Waals surface area (Å²) in [6.07, 6.45) is 0. The van der Waals surface area contributed by atoms with E-state index < -0.39 is 29.8 Å². The number of rotatable bonds is 0. The Morgan fingerprint density at radius 2 is 0.974 bits per heavy atom. The Kier molecular flexibility index (Phi) is 3.38. The quantitative estimate of drug-likeness (QED) is 0.155. The van der Waals surface area contributed by atoms with Crippen molar-refractivity contribution in [3.63, 3.8) is 0 Å². The summed E-state index contributed by atoms with van der Waals surface area (Å²) in [5, 5.41) is 4.28. The second-order valence-electron chi connectivity index (χ2n) is 10.2. The summed E-state index contributed by atoms with van der Waals surface area (Å²) >= 11 is 0. The Bertz CT molecular complexity index is 2070. The van der Waals surface area contributed by atoms with Crippen molar-refractivity contribution < 1.29 is 28.7 Å². The van der Waals surface area contributed by atoms with Gasteiger partial charge in [-0.3, -0.25) is 0 Å². The van der Waals surface area contributed by atoms with Crippen LogP contribution in [0.4, 0.5) is 0 Å². The Labute approximate surface area is 214 Å². The van der Waals surface area contributed by atoms with Gasteiger partial charge >= 0.3 is 23.9 Å². The van der Waals surface area contributed by atoms with Crippen LogP contribution in [-0.4, -0.2) is 23.9 Å². The first-order valence-corrected chi connectivity index (χ1v) is 12.3. The van der Waals surface area contributed by atoms with Crippen LogP contribution in [0, 0.1) is 0 Å². The van der Waals surface area contributed by atoms with Gasteiger partial charge in [0.2, 0.25) is 0 Å². The van der Waals surface area contributed by atoms with Gasteiger partial charge in [0.15, 0.2) is 0 Å². The summed E-state index contributed by atoms with van der Waals surface area (Å²) < 4.78 is 10.00. The highest BCUT2D eigenvalue weighted by molar-refractivity contribution is 6.18. The van der Waals surface area contributed by atoms with Crippen molar-refractivity contribution in [1.82, 2.24) is 0 Å². The molecule has 0 saturated heterocycles. The molecule has 10 rings (SSSR count). The summed E-state index contributed by atoms with van der Waals surface area (Å²) in [6.45, 7) is 0. The molecule has 178 valence electrons. The first-order chi connectivity index (χ1) is 18.5. The number of benzene rings is 5. The molecule has 2 aliphatic heterocycles. The average Bonchev–Trinajstić information content (AvgIpc) is 3.30. The van der Waals surface area contributed by atoms with Gasteiger partial charge in [-0.15, -0.1) is 0 Å². The SMILES string of the molecule is O=C1OC(=O)c2cc3c(cc21)C1c2cc4c(c(c2)[C@H]3c2c1c1ccccc1c1ccccc21)C(=O)OC4=O. The predicted octanol–water partition coefficient (Wildman–Crippen LogP) is 5.60. The zero-order valence-electron chi connectivity index (χ0n) is 19.5. The monoisotopic (exact) mass is 494 g/mol. The van der Waals surface area contributed by atoms with E-state index in [4.69, 9.17) is 9.47 Å². The molecule has 0 amide bonds. The minimum Gasteiger partial charge on any atom is -0.386 e. The van der Waals surface area contributed by atoms with E-state index >= 15 is 0 Å². The van der Waals surface area contributed by atoms with Gasteiger partial charge in [0.1, 0.15) is 0 Å². The number of carbonyl (C=O) groups is 4. The van der Waals surface area contributed by atoms with Crippen molar-refractivity contribution in [2.45, 2.75) is 11.8 Å². The molecule has 4 bridgehead atoms. The van der Waals surface area contributed by atoms with Crippen LogP contribution < -0.4 is 0 Å². The Morgan fingerprint density at radius 3 is 1.61 bits per heavy atom.